The summed E-state index contributed by atoms with van der Waals surface area (Å²) < 4.78 is 83.3. The lowest BCUT2D eigenvalue weighted by Gasteiger charge is -2.58. The maximum absolute atomic E-state index is 14.2. The predicted molar refractivity (Wildman–Crippen MR) is 400 cm³/mol. The number of allylic oxidation sites excluding steroid dienone is 1. The van der Waals surface area contributed by atoms with Gasteiger partial charge in [0.05, 0.1) is 158 Å². The molecule has 644 valence electrons. The lowest BCUT2D eigenvalue weighted by Crippen LogP contribution is -2.74. The van der Waals surface area contributed by atoms with E-state index in [2.05, 4.69) is 46.0 Å². The fourth-order valence-electron chi connectivity index (χ4n) is 17.1. The maximum atomic E-state index is 14.2. The normalized spacial score (nSPS) is 27.8. The molecule has 111 heavy (non-hydrogen) atoms. The molecule has 1 saturated heterocycles. The number of fused-ring (bicyclic) bond motifs is 5. The lowest BCUT2D eigenvalue weighted by atomic mass is 9.47. The summed E-state index contributed by atoms with van der Waals surface area (Å²) in [4.78, 5) is 57.2. The van der Waals surface area contributed by atoms with Crippen molar-refractivity contribution in [2.45, 2.75) is 192 Å². The van der Waals surface area contributed by atoms with Crippen LogP contribution in [0.3, 0.4) is 0 Å². The van der Waals surface area contributed by atoms with Gasteiger partial charge in [-0.2, -0.15) is 0 Å². The van der Waals surface area contributed by atoms with Crippen LogP contribution in [0, 0.1) is 52.3 Å². The first-order valence-electron chi connectivity index (χ1n) is 40.4. The smallest absolute Gasteiger partial charge is 0.409 e. The summed E-state index contributed by atoms with van der Waals surface area (Å²) in [6.07, 6.45) is -4.40. The minimum absolute atomic E-state index is 0.00210. The van der Waals surface area contributed by atoms with Crippen molar-refractivity contribution in [1.29, 1.82) is 0 Å². The number of ether oxygens (including phenoxy) is 15. The van der Waals surface area contributed by atoms with Gasteiger partial charge in [0.15, 0.2) is 11.9 Å². The Labute approximate surface area is 655 Å². The number of carbonyl (C=O) groups excluding carboxylic acids is 4. The second-order valence-corrected chi connectivity index (χ2v) is 31.3. The third kappa shape index (κ3) is 28.9. The molecule has 6 rings (SSSR count). The molecule has 3 amide bonds. The highest BCUT2D eigenvalue weighted by atomic mass is 16.6. The van der Waals surface area contributed by atoms with Gasteiger partial charge in [0.2, 0.25) is 17.3 Å². The van der Waals surface area contributed by atoms with Crippen LogP contribution >= 0.6 is 0 Å². The van der Waals surface area contributed by atoms with Crippen molar-refractivity contribution in [2.24, 2.45) is 52.3 Å². The summed E-state index contributed by atoms with van der Waals surface area (Å²) in [5, 5.41) is 119. The Morgan fingerprint density at radius 3 is 1.73 bits per heavy atom. The van der Waals surface area contributed by atoms with E-state index in [1.807, 2.05) is 0 Å². The Hall–Kier alpha value is -4.12. The average molecular weight is 1600 g/mol. The van der Waals surface area contributed by atoms with Crippen LogP contribution < -0.4 is 5.32 Å². The van der Waals surface area contributed by atoms with E-state index in [9.17, 15) is 75.3 Å². The fourth-order valence-corrected chi connectivity index (χ4v) is 17.1. The summed E-state index contributed by atoms with van der Waals surface area (Å²) in [7, 11) is 1.62. The van der Waals surface area contributed by atoms with Crippen molar-refractivity contribution in [2.75, 3.05) is 205 Å². The van der Waals surface area contributed by atoms with E-state index in [1.165, 1.54) is 60.3 Å². The van der Waals surface area contributed by atoms with Crippen LogP contribution in [0.1, 0.15) is 125 Å². The van der Waals surface area contributed by atoms with Crippen molar-refractivity contribution < 1.29 is 146 Å². The number of cyclic esters (lactones) is 1. The summed E-state index contributed by atoms with van der Waals surface area (Å²) >= 11 is 0. The maximum Gasteiger partial charge on any atom is 0.409 e. The molecular formula is C78H137N3O30. The van der Waals surface area contributed by atoms with Gasteiger partial charge in [-0.15, -0.1) is 0 Å². The molecule has 33 heteroatoms. The van der Waals surface area contributed by atoms with E-state index in [0.29, 0.717) is 116 Å². The van der Waals surface area contributed by atoms with Gasteiger partial charge in [0.1, 0.15) is 62.0 Å². The van der Waals surface area contributed by atoms with Crippen molar-refractivity contribution in [3.05, 3.63) is 23.2 Å². The van der Waals surface area contributed by atoms with Crippen LogP contribution in [-0.2, 0) is 85.4 Å². The lowest BCUT2D eigenvalue weighted by molar-refractivity contribution is -0.286. The van der Waals surface area contributed by atoms with Gasteiger partial charge in [-0.05, 0) is 111 Å². The van der Waals surface area contributed by atoms with Crippen LogP contribution in [0.5, 0.6) is 0 Å². The second-order valence-electron chi connectivity index (χ2n) is 31.3. The molecule has 2 aliphatic heterocycles. The number of nitrogens with zero attached hydrogens (tertiary/aromatic N) is 2. The highest BCUT2D eigenvalue weighted by Gasteiger charge is 2.62. The third-order valence-electron chi connectivity index (χ3n) is 23.3. The first-order valence-corrected chi connectivity index (χ1v) is 40.4. The minimum Gasteiger partial charge on any atom is -0.505 e. The van der Waals surface area contributed by atoms with Crippen molar-refractivity contribution in [3.63, 3.8) is 0 Å². The zero-order valence-corrected chi connectivity index (χ0v) is 66.9. The standard InChI is InChI=1S/C78H137N3O30/c1-52(2)11-8-12-53(3)58-15-16-59-57-14-13-55-47-56(17-19-76(55,5)60(57)18-20-77(58,59)6)108-45-44-107-51-63(85)81(48-54(4)70-67(89)69(91)73(93)111-70)24-10-23-80(22-9-21-79-74(94)78(96,71(92)64(86)61(84)49-82)72-68(90)66(88)65(87)62(50-83)110-72)75(95)109-46-43-106-42-41-105-40-39-104-38-37-103-36-35-102-34-33-101-32-31-100-30-29-99-28-27-98-26-25-97-7/h13,52-54,56-62,64-66,68,70-72,82-84,86-92,96H,8-12,14-51H2,1-7H3,(H,79,94)/t53-,54+,56?,57+,58?,59+,60+,61-,62-,64-,65+,66+,68-,70-,71+,72?,76+,77-,78+/m1/s1. The number of methoxy groups -OCH3 is 1. The quantitative estimate of drug-likeness (QED) is 0.0235. The van der Waals surface area contributed by atoms with E-state index in [1.54, 1.807) is 14.0 Å². The molecule has 0 bridgehead atoms. The van der Waals surface area contributed by atoms with E-state index in [0.717, 1.165) is 49.4 Å². The van der Waals surface area contributed by atoms with Gasteiger partial charge in [-0.25, -0.2) is 9.59 Å². The summed E-state index contributed by atoms with van der Waals surface area (Å²) in [6, 6.07) is 0. The fraction of sp³-hybridized carbons (Fsp3) is 0.897. The first-order chi connectivity index (χ1) is 53.3. The number of aliphatic hydroxyl groups excluding tert-OH is 10. The van der Waals surface area contributed by atoms with Crippen LogP contribution in [0.15, 0.2) is 23.2 Å². The Balaban J connectivity index is 0.969. The number of esters is 1. The van der Waals surface area contributed by atoms with Gasteiger partial charge in [-0.1, -0.05) is 72.5 Å². The number of nitrogens with one attached hydrogen (secondary N) is 1. The number of rotatable bonds is 59. The van der Waals surface area contributed by atoms with Crippen LogP contribution in [0.4, 0.5) is 4.79 Å². The van der Waals surface area contributed by atoms with Crippen LogP contribution in [0.2, 0.25) is 0 Å². The zero-order valence-electron chi connectivity index (χ0n) is 66.9. The van der Waals surface area contributed by atoms with Gasteiger partial charge >= 0.3 is 12.1 Å². The molecule has 3 unspecified atom stereocenters. The SMILES string of the molecule is COCCOCCOCCOCCOCCOCCOCCOCCOCCOCCOC(=O)N(CCCNC(=O)[C@@](O)(C1O[C@H](CO)[C@H](O)[C@H](O)[C@H]1O)[C@@H](O)[C@H](O)[C@H](O)CO)CCCN(C[C@H](C)[C@H]1OC(=O)C(O)=C1O)C(=O)COCCOC1CC[C@@]2(C)C(=CC[C@@H]3[C@@H]2CC[C@]2(C)C([C@H](C)CCCC(C)C)CC[C@@H]32)C1. The van der Waals surface area contributed by atoms with Gasteiger partial charge < -0.3 is 142 Å². The van der Waals surface area contributed by atoms with E-state index < -0.39 is 122 Å². The number of hydrogen-bond acceptors (Lipinski definition) is 30. The number of carbonyl (C=O) groups is 4. The third-order valence-corrected chi connectivity index (χ3v) is 23.3. The second kappa shape index (κ2) is 50.5. The summed E-state index contributed by atoms with van der Waals surface area (Å²) in [6.45, 7) is 17.6. The van der Waals surface area contributed by atoms with Crippen molar-refractivity contribution in [1.82, 2.24) is 15.1 Å². The molecule has 4 aliphatic carbocycles. The molecule has 19 atom stereocenters. The highest BCUT2D eigenvalue weighted by molar-refractivity contribution is 5.89. The molecule has 0 aromatic carbocycles. The Bertz CT molecular complexity index is 2720. The molecule has 2 heterocycles. The molecule has 0 spiro atoms. The van der Waals surface area contributed by atoms with E-state index in [4.69, 9.17) is 71.1 Å². The van der Waals surface area contributed by atoms with Gasteiger partial charge in [0, 0.05) is 45.8 Å². The number of amides is 3. The molecule has 12 N–H and O–H groups in total. The number of aliphatic hydroxyl groups is 11. The zero-order chi connectivity index (χ0) is 80.9. The van der Waals surface area contributed by atoms with Gasteiger partial charge in [-0.3, -0.25) is 9.59 Å². The Morgan fingerprint density at radius 2 is 1.19 bits per heavy atom. The largest absolute Gasteiger partial charge is 0.505 e. The molecule has 3 saturated carbocycles. The molecular weight excluding hydrogens is 1460 g/mol. The van der Waals surface area contributed by atoms with E-state index in [-0.39, 0.29) is 103 Å². The summed E-state index contributed by atoms with van der Waals surface area (Å²) in [5.74, 6) is -1.14. The molecule has 0 aromatic heterocycles. The van der Waals surface area contributed by atoms with Crippen LogP contribution in [-0.4, -0.2) is 361 Å². The number of hydrogen-bond donors (Lipinski definition) is 12. The van der Waals surface area contributed by atoms with Crippen molar-refractivity contribution in [3.8, 4) is 0 Å². The topological polar surface area (TPSA) is 448 Å². The molecule has 0 radical (unpaired) electrons. The molecule has 33 nitrogen and oxygen atoms in total. The minimum atomic E-state index is -3.45. The van der Waals surface area contributed by atoms with E-state index >= 15 is 0 Å². The molecule has 4 fully saturated rings. The average Bonchev–Trinajstić information content (AvgIpc) is 1.64. The predicted octanol–water partition coefficient (Wildman–Crippen LogP) is 1.93. The van der Waals surface area contributed by atoms with Gasteiger partial charge in [0.25, 0.3) is 5.91 Å². The van der Waals surface area contributed by atoms with Crippen molar-refractivity contribution >= 4 is 23.9 Å². The molecule has 6 aliphatic rings. The highest BCUT2D eigenvalue weighted by Crippen LogP contribution is 2.67. The Kier molecular flexibility index (Phi) is 43.5. The first kappa shape index (κ1) is 95.7. The van der Waals surface area contributed by atoms with Crippen LogP contribution in [0.25, 0.3) is 0 Å². The Morgan fingerprint density at radius 1 is 0.640 bits per heavy atom. The monoisotopic (exact) mass is 1600 g/mol. The molecule has 0 aromatic rings. The summed E-state index contributed by atoms with van der Waals surface area (Å²) in [5.41, 5.74) is -1.40.